The molecule has 0 bridgehead atoms. The first-order chi connectivity index (χ1) is 5.70. The predicted molar refractivity (Wildman–Crippen MR) is 51.4 cm³/mol. The van der Waals surface area contributed by atoms with Crippen LogP contribution in [0.2, 0.25) is 5.02 Å². The van der Waals surface area contributed by atoms with Crippen molar-refractivity contribution in [2.45, 2.75) is 13.0 Å². The van der Waals surface area contributed by atoms with Crippen LogP contribution in [0.3, 0.4) is 0 Å². The van der Waals surface area contributed by atoms with Crippen LogP contribution in [-0.4, -0.2) is 17.6 Å². The third-order valence-corrected chi connectivity index (χ3v) is 1.65. The molecule has 1 atom stereocenters. The minimum atomic E-state index is 0.100. The van der Waals surface area contributed by atoms with Gasteiger partial charge in [0.05, 0.1) is 5.02 Å². The van der Waals surface area contributed by atoms with Gasteiger partial charge < -0.3 is 11.1 Å². The molecule has 0 aliphatic rings. The molecule has 0 aromatic carbocycles. The van der Waals surface area contributed by atoms with Crippen LogP contribution >= 0.6 is 11.6 Å². The van der Waals surface area contributed by atoms with Gasteiger partial charge in [0.2, 0.25) is 0 Å². The summed E-state index contributed by atoms with van der Waals surface area (Å²) < 4.78 is 0. The molecule has 0 aliphatic heterocycles. The molecule has 66 valence electrons. The smallest absolute Gasteiger partial charge is 0.144 e. The zero-order valence-corrected chi connectivity index (χ0v) is 7.67. The van der Waals surface area contributed by atoms with E-state index in [1.54, 1.807) is 18.3 Å². The highest BCUT2D eigenvalue weighted by molar-refractivity contribution is 6.32. The van der Waals surface area contributed by atoms with Gasteiger partial charge in [-0.25, -0.2) is 4.98 Å². The molecule has 0 amide bonds. The standard InChI is InChI=1S/C8H12ClN3/c1-6(10)5-12-8-7(9)3-2-4-11-8/h2-4,6H,5,10H2,1H3,(H,11,12). The molecule has 1 heterocycles. The van der Waals surface area contributed by atoms with E-state index in [2.05, 4.69) is 10.3 Å². The van der Waals surface area contributed by atoms with E-state index < -0.39 is 0 Å². The molecule has 0 fully saturated rings. The second-order valence-corrected chi connectivity index (χ2v) is 3.10. The van der Waals surface area contributed by atoms with Crippen LogP contribution in [0.5, 0.6) is 0 Å². The number of hydrogen-bond donors (Lipinski definition) is 2. The van der Waals surface area contributed by atoms with Crippen molar-refractivity contribution in [3.05, 3.63) is 23.4 Å². The summed E-state index contributed by atoms with van der Waals surface area (Å²) >= 11 is 5.84. The average molecular weight is 186 g/mol. The van der Waals surface area contributed by atoms with Crippen LogP contribution < -0.4 is 11.1 Å². The molecule has 12 heavy (non-hydrogen) atoms. The Morgan fingerprint density at radius 3 is 3.08 bits per heavy atom. The molecule has 0 saturated carbocycles. The third-order valence-electron chi connectivity index (χ3n) is 1.35. The molecular weight excluding hydrogens is 174 g/mol. The van der Waals surface area contributed by atoms with Crippen LogP contribution in [0.15, 0.2) is 18.3 Å². The molecule has 1 rings (SSSR count). The van der Waals surface area contributed by atoms with E-state index >= 15 is 0 Å². The molecule has 1 unspecified atom stereocenters. The Kier molecular flexibility index (Phi) is 3.31. The number of rotatable bonds is 3. The zero-order valence-electron chi connectivity index (χ0n) is 6.92. The van der Waals surface area contributed by atoms with Gasteiger partial charge >= 0.3 is 0 Å². The number of halogens is 1. The third kappa shape index (κ3) is 2.68. The number of aromatic nitrogens is 1. The molecule has 1 aromatic heterocycles. The lowest BCUT2D eigenvalue weighted by Gasteiger charge is -2.08. The summed E-state index contributed by atoms with van der Waals surface area (Å²) in [4.78, 5) is 4.05. The van der Waals surface area contributed by atoms with Crippen molar-refractivity contribution < 1.29 is 0 Å². The fraction of sp³-hybridized carbons (Fsp3) is 0.375. The Hall–Kier alpha value is -0.800. The highest BCUT2D eigenvalue weighted by Gasteiger charge is 1.99. The first kappa shape index (κ1) is 9.29. The molecule has 3 N–H and O–H groups in total. The zero-order chi connectivity index (χ0) is 8.97. The van der Waals surface area contributed by atoms with Gasteiger partial charge in [-0.15, -0.1) is 0 Å². The van der Waals surface area contributed by atoms with Crippen molar-refractivity contribution in [3.63, 3.8) is 0 Å². The van der Waals surface area contributed by atoms with Gasteiger partial charge in [0, 0.05) is 18.8 Å². The van der Waals surface area contributed by atoms with Crippen molar-refractivity contribution in [2.24, 2.45) is 5.73 Å². The lowest BCUT2D eigenvalue weighted by molar-refractivity contribution is 0.777. The Bertz CT molecular complexity index is 250. The van der Waals surface area contributed by atoms with Crippen molar-refractivity contribution in [1.82, 2.24) is 4.98 Å². The maximum Gasteiger partial charge on any atom is 0.144 e. The molecule has 0 radical (unpaired) electrons. The molecule has 0 spiro atoms. The average Bonchev–Trinajstić information content (AvgIpc) is 2.03. The largest absolute Gasteiger partial charge is 0.367 e. The first-order valence-corrected chi connectivity index (χ1v) is 4.18. The summed E-state index contributed by atoms with van der Waals surface area (Å²) in [5.74, 6) is 0.691. The van der Waals surface area contributed by atoms with Crippen LogP contribution in [0.1, 0.15) is 6.92 Å². The van der Waals surface area contributed by atoms with E-state index in [0.29, 0.717) is 17.4 Å². The van der Waals surface area contributed by atoms with Gasteiger partial charge in [0.1, 0.15) is 5.82 Å². The van der Waals surface area contributed by atoms with Crippen LogP contribution in [0.25, 0.3) is 0 Å². The fourth-order valence-corrected chi connectivity index (χ4v) is 0.962. The second kappa shape index (κ2) is 4.28. The van der Waals surface area contributed by atoms with Gasteiger partial charge in [-0.05, 0) is 19.1 Å². The van der Waals surface area contributed by atoms with E-state index in [0.717, 1.165) is 0 Å². The molecule has 0 aliphatic carbocycles. The summed E-state index contributed by atoms with van der Waals surface area (Å²) in [5, 5.41) is 3.67. The second-order valence-electron chi connectivity index (χ2n) is 2.69. The molecule has 3 nitrogen and oxygen atoms in total. The van der Waals surface area contributed by atoms with Crippen LogP contribution in [-0.2, 0) is 0 Å². The Morgan fingerprint density at radius 1 is 1.75 bits per heavy atom. The predicted octanol–water partition coefficient (Wildman–Crippen LogP) is 1.49. The van der Waals surface area contributed by atoms with Gasteiger partial charge in [-0.3, -0.25) is 0 Å². The van der Waals surface area contributed by atoms with Gasteiger partial charge in [-0.2, -0.15) is 0 Å². The fourth-order valence-electron chi connectivity index (χ4n) is 0.773. The number of nitrogens with two attached hydrogens (primary N) is 1. The summed E-state index contributed by atoms with van der Waals surface area (Å²) in [5.41, 5.74) is 5.56. The van der Waals surface area contributed by atoms with Crippen molar-refractivity contribution >= 4 is 17.4 Å². The Morgan fingerprint density at radius 2 is 2.50 bits per heavy atom. The minimum absolute atomic E-state index is 0.100. The summed E-state index contributed by atoms with van der Waals surface area (Å²) in [6.07, 6.45) is 1.69. The number of pyridine rings is 1. The van der Waals surface area contributed by atoms with Gasteiger partial charge in [0.25, 0.3) is 0 Å². The van der Waals surface area contributed by atoms with Crippen molar-refractivity contribution in [3.8, 4) is 0 Å². The van der Waals surface area contributed by atoms with E-state index in [-0.39, 0.29) is 6.04 Å². The molecule has 4 heteroatoms. The highest BCUT2D eigenvalue weighted by atomic mass is 35.5. The molecular formula is C8H12ClN3. The maximum atomic E-state index is 5.84. The van der Waals surface area contributed by atoms with Crippen molar-refractivity contribution in [2.75, 3.05) is 11.9 Å². The van der Waals surface area contributed by atoms with Crippen molar-refractivity contribution in [1.29, 1.82) is 0 Å². The topological polar surface area (TPSA) is 50.9 Å². The van der Waals surface area contributed by atoms with Crippen LogP contribution in [0, 0.1) is 0 Å². The Labute approximate surface area is 76.9 Å². The summed E-state index contributed by atoms with van der Waals surface area (Å²) in [6, 6.07) is 3.68. The monoisotopic (exact) mass is 185 g/mol. The minimum Gasteiger partial charge on any atom is -0.367 e. The number of nitrogens with zero attached hydrogens (tertiary/aromatic N) is 1. The first-order valence-electron chi connectivity index (χ1n) is 3.80. The number of nitrogens with one attached hydrogen (secondary N) is 1. The van der Waals surface area contributed by atoms with E-state index in [9.17, 15) is 0 Å². The van der Waals surface area contributed by atoms with Crippen LogP contribution in [0.4, 0.5) is 5.82 Å². The number of hydrogen-bond acceptors (Lipinski definition) is 3. The lowest BCUT2D eigenvalue weighted by atomic mass is 10.3. The Balaban J connectivity index is 2.57. The van der Waals surface area contributed by atoms with E-state index in [1.165, 1.54) is 0 Å². The molecule has 1 aromatic rings. The normalized spacial score (nSPS) is 12.6. The lowest BCUT2D eigenvalue weighted by Crippen LogP contribution is -2.25. The van der Waals surface area contributed by atoms with Gasteiger partial charge in [-0.1, -0.05) is 11.6 Å². The SMILES string of the molecule is CC(N)CNc1ncccc1Cl. The van der Waals surface area contributed by atoms with E-state index in [1.807, 2.05) is 6.92 Å². The van der Waals surface area contributed by atoms with Gasteiger partial charge in [0.15, 0.2) is 0 Å². The summed E-state index contributed by atoms with van der Waals surface area (Å²) in [6.45, 7) is 2.60. The quantitative estimate of drug-likeness (QED) is 0.751. The highest BCUT2D eigenvalue weighted by Crippen LogP contribution is 2.16. The summed E-state index contributed by atoms with van der Waals surface area (Å²) in [7, 11) is 0. The molecule has 0 saturated heterocycles. The van der Waals surface area contributed by atoms with E-state index in [4.69, 9.17) is 17.3 Å². The maximum absolute atomic E-state index is 5.84. The number of anilines is 1.